The maximum atomic E-state index is 13.1. The Bertz CT molecular complexity index is 950. The first-order valence-electron chi connectivity index (χ1n) is 8.38. The first-order valence-corrected chi connectivity index (χ1v) is 8.75. The average molecular weight is 394 g/mol. The van der Waals surface area contributed by atoms with Crippen LogP contribution in [0.25, 0.3) is 0 Å². The van der Waals surface area contributed by atoms with E-state index in [9.17, 15) is 24.1 Å². The SMILES string of the molecule is Cn1cc(C(=O)N2CCC(c3ccc(F)cc3)CC2)c(Cl)c([N+](=O)[O-])c1=O. The van der Waals surface area contributed by atoms with Crippen molar-refractivity contribution in [1.29, 1.82) is 0 Å². The lowest BCUT2D eigenvalue weighted by Crippen LogP contribution is -2.38. The molecule has 9 heteroatoms. The van der Waals surface area contributed by atoms with Gasteiger partial charge in [0.1, 0.15) is 10.8 Å². The topological polar surface area (TPSA) is 85.4 Å². The van der Waals surface area contributed by atoms with Crippen LogP contribution in [0.3, 0.4) is 0 Å². The summed E-state index contributed by atoms with van der Waals surface area (Å²) in [6, 6.07) is 6.31. The van der Waals surface area contributed by atoms with Gasteiger partial charge in [0.05, 0.1) is 10.5 Å². The summed E-state index contributed by atoms with van der Waals surface area (Å²) in [5, 5.41) is 10.7. The number of aromatic nitrogens is 1. The molecular weight excluding hydrogens is 377 g/mol. The standard InChI is InChI=1S/C18H17ClFN3O4/c1-21-10-14(15(19)16(18(21)25)23(26)27)17(24)22-8-6-12(7-9-22)11-2-4-13(20)5-3-11/h2-5,10,12H,6-9H2,1H3. The summed E-state index contributed by atoms with van der Waals surface area (Å²) < 4.78 is 14.0. The number of piperidine rings is 1. The number of rotatable bonds is 3. The van der Waals surface area contributed by atoms with E-state index >= 15 is 0 Å². The molecule has 27 heavy (non-hydrogen) atoms. The number of aryl methyl sites for hydroxylation is 1. The number of nitrogens with zero attached hydrogens (tertiary/aromatic N) is 3. The lowest BCUT2D eigenvalue weighted by atomic mass is 9.89. The number of halogens is 2. The number of benzene rings is 1. The Morgan fingerprint density at radius 2 is 1.85 bits per heavy atom. The maximum absolute atomic E-state index is 13.1. The maximum Gasteiger partial charge on any atom is 0.353 e. The minimum absolute atomic E-state index is 0.0642. The van der Waals surface area contributed by atoms with Gasteiger partial charge in [-0.25, -0.2) is 4.39 Å². The van der Waals surface area contributed by atoms with Gasteiger partial charge in [-0.1, -0.05) is 23.7 Å². The van der Waals surface area contributed by atoms with E-state index in [0.717, 1.165) is 10.1 Å². The first kappa shape index (κ1) is 19.0. The molecule has 1 amide bonds. The van der Waals surface area contributed by atoms with Gasteiger partial charge in [0, 0.05) is 26.3 Å². The van der Waals surface area contributed by atoms with Gasteiger partial charge in [-0.2, -0.15) is 0 Å². The van der Waals surface area contributed by atoms with Gasteiger partial charge in [-0.05, 0) is 36.5 Å². The first-order chi connectivity index (χ1) is 12.8. The Hall–Kier alpha value is -2.74. The number of likely N-dealkylation sites (tertiary alicyclic amines) is 1. The van der Waals surface area contributed by atoms with Crippen LogP contribution in [0, 0.1) is 15.9 Å². The molecule has 3 rings (SSSR count). The Balaban J connectivity index is 1.79. The second-order valence-electron chi connectivity index (χ2n) is 6.50. The van der Waals surface area contributed by atoms with Crippen LogP contribution in [0.2, 0.25) is 5.02 Å². The summed E-state index contributed by atoms with van der Waals surface area (Å²) in [4.78, 5) is 36.5. The van der Waals surface area contributed by atoms with Crippen LogP contribution >= 0.6 is 11.6 Å². The zero-order valence-corrected chi connectivity index (χ0v) is 15.3. The molecule has 0 spiro atoms. The molecule has 1 aromatic heterocycles. The monoisotopic (exact) mass is 393 g/mol. The predicted molar refractivity (Wildman–Crippen MR) is 97.6 cm³/mol. The third kappa shape index (κ3) is 3.71. The van der Waals surface area contributed by atoms with Gasteiger partial charge in [-0.15, -0.1) is 0 Å². The van der Waals surface area contributed by atoms with Crippen molar-refractivity contribution in [2.45, 2.75) is 18.8 Å². The highest BCUT2D eigenvalue weighted by Gasteiger charge is 2.30. The summed E-state index contributed by atoms with van der Waals surface area (Å²) in [5.41, 5.74) is -0.715. The second-order valence-corrected chi connectivity index (χ2v) is 6.87. The Kier molecular flexibility index (Phi) is 5.27. The van der Waals surface area contributed by atoms with Crippen LogP contribution in [0.4, 0.5) is 10.1 Å². The fraction of sp³-hybridized carbons (Fsp3) is 0.333. The predicted octanol–water partition coefficient (Wildman–Crippen LogP) is 3.11. The van der Waals surface area contributed by atoms with Crippen LogP contribution in [-0.4, -0.2) is 33.4 Å². The van der Waals surface area contributed by atoms with E-state index in [4.69, 9.17) is 11.6 Å². The highest BCUT2D eigenvalue weighted by molar-refractivity contribution is 6.35. The van der Waals surface area contributed by atoms with Crippen molar-refractivity contribution in [1.82, 2.24) is 9.47 Å². The van der Waals surface area contributed by atoms with E-state index in [1.165, 1.54) is 25.4 Å². The van der Waals surface area contributed by atoms with E-state index in [0.29, 0.717) is 25.9 Å². The minimum atomic E-state index is -0.873. The Labute approximate surface area is 159 Å². The third-order valence-electron chi connectivity index (χ3n) is 4.83. The van der Waals surface area contributed by atoms with Crippen LogP contribution in [-0.2, 0) is 7.05 Å². The highest BCUT2D eigenvalue weighted by atomic mass is 35.5. The molecule has 1 saturated heterocycles. The molecule has 7 nitrogen and oxygen atoms in total. The Morgan fingerprint density at radius 3 is 2.41 bits per heavy atom. The van der Waals surface area contributed by atoms with Crippen molar-refractivity contribution < 1.29 is 14.1 Å². The van der Waals surface area contributed by atoms with E-state index in [1.807, 2.05) is 0 Å². The third-order valence-corrected chi connectivity index (χ3v) is 5.21. The number of hydrogen-bond donors (Lipinski definition) is 0. The summed E-state index contributed by atoms with van der Waals surface area (Å²) >= 11 is 6.00. The Morgan fingerprint density at radius 1 is 1.26 bits per heavy atom. The molecule has 0 atom stereocenters. The normalized spacial score (nSPS) is 15.0. The molecule has 0 bridgehead atoms. The molecule has 0 saturated carbocycles. The largest absolute Gasteiger partial charge is 0.353 e. The minimum Gasteiger partial charge on any atom is -0.339 e. The number of hydrogen-bond acceptors (Lipinski definition) is 4. The average Bonchev–Trinajstić information content (AvgIpc) is 2.65. The van der Waals surface area contributed by atoms with Crippen molar-refractivity contribution in [2.24, 2.45) is 7.05 Å². The lowest BCUT2D eigenvalue weighted by Gasteiger charge is -2.32. The summed E-state index contributed by atoms with van der Waals surface area (Å²) in [6.07, 6.45) is 2.59. The molecular formula is C18H17ClFN3O4. The molecule has 2 heterocycles. The van der Waals surface area contributed by atoms with Crippen molar-refractivity contribution in [3.8, 4) is 0 Å². The highest BCUT2D eigenvalue weighted by Crippen LogP contribution is 2.30. The van der Waals surface area contributed by atoms with Gasteiger partial charge >= 0.3 is 11.2 Å². The van der Waals surface area contributed by atoms with Gasteiger partial charge in [0.15, 0.2) is 0 Å². The smallest absolute Gasteiger partial charge is 0.339 e. The van der Waals surface area contributed by atoms with Gasteiger partial charge in [0.25, 0.3) is 5.91 Å². The number of carbonyl (C=O) groups is 1. The fourth-order valence-electron chi connectivity index (χ4n) is 3.33. The molecule has 0 unspecified atom stereocenters. The second kappa shape index (κ2) is 7.48. The molecule has 1 aliphatic heterocycles. The van der Waals surface area contributed by atoms with Gasteiger partial charge in [-0.3, -0.25) is 19.7 Å². The fourth-order valence-corrected chi connectivity index (χ4v) is 3.61. The van der Waals surface area contributed by atoms with Crippen molar-refractivity contribution in [3.63, 3.8) is 0 Å². The van der Waals surface area contributed by atoms with E-state index in [-0.39, 0.29) is 17.3 Å². The van der Waals surface area contributed by atoms with Crippen LogP contribution in [0.5, 0.6) is 0 Å². The van der Waals surface area contributed by atoms with E-state index in [2.05, 4.69) is 0 Å². The molecule has 1 fully saturated rings. The molecule has 2 aromatic rings. The van der Waals surface area contributed by atoms with Crippen molar-refractivity contribution >= 4 is 23.2 Å². The van der Waals surface area contributed by atoms with Crippen LogP contribution < -0.4 is 5.56 Å². The van der Waals surface area contributed by atoms with Crippen LogP contribution in [0.1, 0.15) is 34.7 Å². The van der Waals surface area contributed by atoms with Gasteiger partial charge in [0.2, 0.25) is 0 Å². The quantitative estimate of drug-likeness (QED) is 0.592. The zero-order chi connectivity index (χ0) is 19.7. The van der Waals surface area contributed by atoms with Crippen LogP contribution in [0.15, 0.2) is 35.3 Å². The molecule has 0 aliphatic carbocycles. The number of nitro groups is 1. The lowest BCUT2D eigenvalue weighted by molar-refractivity contribution is -0.386. The number of carbonyl (C=O) groups excluding carboxylic acids is 1. The molecule has 1 aliphatic rings. The molecule has 0 N–H and O–H groups in total. The van der Waals surface area contributed by atoms with E-state index < -0.39 is 27.1 Å². The molecule has 142 valence electrons. The summed E-state index contributed by atoms with van der Waals surface area (Å²) in [7, 11) is 1.34. The molecule has 0 radical (unpaired) electrons. The van der Waals surface area contributed by atoms with Crippen molar-refractivity contribution in [3.05, 3.63) is 72.9 Å². The van der Waals surface area contributed by atoms with Crippen molar-refractivity contribution in [2.75, 3.05) is 13.1 Å². The van der Waals surface area contributed by atoms with Gasteiger partial charge < -0.3 is 9.47 Å². The number of amides is 1. The summed E-state index contributed by atoms with van der Waals surface area (Å²) in [5.74, 6) is -0.534. The van der Waals surface area contributed by atoms with E-state index in [1.54, 1.807) is 17.0 Å². The molecule has 1 aromatic carbocycles. The number of pyridine rings is 1. The zero-order valence-electron chi connectivity index (χ0n) is 14.5. The summed E-state index contributed by atoms with van der Waals surface area (Å²) in [6.45, 7) is 0.877.